The first-order valence-electron chi connectivity index (χ1n) is 11.9. The molecule has 0 saturated carbocycles. The van der Waals surface area contributed by atoms with Crippen molar-refractivity contribution in [2.24, 2.45) is 0 Å². The van der Waals surface area contributed by atoms with Gasteiger partial charge in [0.1, 0.15) is 39.1 Å². The van der Waals surface area contributed by atoms with E-state index in [0.717, 1.165) is 6.41 Å². The van der Waals surface area contributed by atoms with Crippen LogP contribution in [0.4, 0.5) is 0 Å². The van der Waals surface area contributed by atoms with Crippen LogP contribution in [0.5, 0.6) is 6.01 Å². The molecule has 1 rings (SSSR count). The minimum Gasteiger partial charge on any atom is -1.00 e. The summed E-state index contributed by atoms with van der Waals surface area (Å²) in [6, 6.07) is 0.269. The molecule has 0 fully saturated rings. The Kier molecular flexibility index (Phi) is 78.6. The van der Waals surface area contributed by atoms with Crippen LogP contribution in [0.15, 0.2) is 24.2 Å². The van der Waals surface area contributed by atoms with E-state index in [1.54, 1.807) is 21.0 Å². The number of allylic oxidation sites excluding steroid dienone is 1. The molecule has 0 bridgehead atoms. The fourth-order valence-electron chi connectivity index (χ4n) is 1.49. The van der Waals surface area contributed by atoms with Crippen molar-refractivity contribution >= 4 is 114 Å². The van der Waals surface area contributed by atoms with Crippen molar-refractivity contribution in [3.63, 3.8) is 0 Å². The van der Waals surface area contributed by atoms with E-state index < -0.39 is 11.2 Å². The first-order valence-corrected chi connectivity index (χ1v) is 19.6. The smallest absolute Gasteiger partial charge is 1.00 e. The van der Waals surface area contributed by atoms with E-state index in [1.807, 2.05) is 61.3 Å². The van der Waals surface area contributed by atoms with E-state index in [4.69, 9.17) is 10.5 Å². The molecule has 0 aliphatic heterocycles. The second-order valence-electron chi connectivity index (χ2n) is 8.15. The van der Waals surface area contributed by atoms with E-state index in [2.05, 4.69) is 110 Å². The molecule has 0 radical (unpaired) electrons. The van der Waals surface area contributed by atoms with Crippen LogP contribution in [-0.4, -0.2) is 157 Å². The molecule has 1 amide bonds. The van der Waals surface area contributed by atoms with Crippen molar-refractivity contribution in [2.45, 2.75) is 6.92 Å². The Bertz CT molecular complexity index is 1030. The Labute approximate surface area is 362 Å². The van der Waals surface area contributed by atoms with Gasteiger partial charge in [-0.3, -0.25) is 24.4 Å². The summed E-state index contributed by atoms with van der Waals surface area (Å²) < 4.78 is 22.6. The number of rotatable bonds is 7. The zero-order valence-electron chi connectivity index (χ0n) is 29.9. The Hall–Kier alpha value is -0.310. The number of carboxylic acids is 1. The number of carbonyl (C=O) groups excluding carboxylic acids is 2. The molecule has 3 N–H and O–H groups in total. The maximum absolute atomic E-state index is 10.1. The van der Waals surface area contributed by atoms with Crippen LogP contribution in [0.3, 0.4) is 0 Å². The zero-order chi connectivity index (χ0) is 37.2. The van der Waals surface area contributed by atoms with E-state index >= 15 is 0 Å². The number of halogens is 7. The van der Waals surface area contributed by atoms with Crippen molar-refractivity contribution in [1.82, 2.24) is 19.8 Å². The summed E-state index contributed by atoms with van der Waals surface area (Å²) in [6.45, 7) is 1.58. The van der Waals surface area contributed by atoms with Crippen molar-refractivity contribution < 1.29 is 103 Å². The Morgan fingerprint density at radius 1 is 1.00 bits per heavy atom. The van der Waals surface area contributed by atoms with Gasteiger partial charge in [0.05, 0.1) is 19.8 Å². The average Bonchev–Trinajstić information content (AvgIpc) is 2.93. The van der Waals surface area contributed by atoms with Gasteiger partial charge in [0.25, 0.3) is 0 Å². The van der Waals surface area contributed by atoms with Gasteiger partial charge in [0.2, 0.25) is 6.41 Å². The number of nitrogens with one attached hydrogen (secondary N) is 1. The summed E-state index contributed by atoms with van der Waals surface area (Å²) in [6.07, 6.45) is 10.5. The molecule has 1 heterocycles. The van der Waals surface area contributed by atoms with Crippen molar-refractivity contribution in [3.05, 3.63) is 29.7 Å². The third kappa shape index (κ3) is 99.1. The zero-order valence-corrected chi connectivity index (χ0v) is 40.3. The minimum atomic E-state index is -3.22. The van der Waals surface area contributed by atoms with Gasteiger partial charge in [-0.2, -0.15) is 0 Å². The predicted octanol–water partition coefficient (Wildman–Crippen LogP) is -4.09. The molecule has 0 spiro atoms. The van der Waals surface area contributed by atoms with Crippen LogP contribution in [0.25, 0.3) is 0 Å². The Balaban J connectivity index is -0.0000000475. The van der Waals surface area contributed by atoms with Crippen LogP contribution in [0.2, 0.25) is 0 Å². The van der Waals surface area contributed by atoms with Crippen molar-refractivity contribution in [1.29, 1.82) is 5.41 Å². The Morgan fingerprint density at radius 3 is 1.43 bits per heavy atom. The normalized spacial score (nSPS) is 7.61. The van der Waals surface area contributed by atoms with Gasteiger partial charge in [-0.1, -0.05) is 38.5 Å². The molecule has 0 saturated heterocycles. The second-order valence-corrected chi connectivity index (χ2v) is 15.4. The summed E-state index contributed by atoms with van der Waals surface area (Å²) in [5.74, 6) is -0.574. The second kappa shape index (κ2) is 52.1. The first-order chi connectivity index (χ1) is 20.6. The van der Waals surface area contributed by atoms with Gasteiger partial charge < -0.3 is 54.7 Å². The van der Waals surface area contributed by atoms with Gasteiger partial charge in [-0.05, 0) is 38.7 Å². The molecule has 15 nitrogen and oxygen atoms in total. The van der Waals surface area contributed by atoms with Crippen LogP contribution < -0.4 is 59.1 Å². The number of hydrogen-bond donors (Lipinski definition) is 2. The molecule has 0 aromatic carbocycles. The minimum absolute atomic E-state index is 0. The van der Waals surface area contributed by atoms with E-state index in [-0.39, 0.29) is 77.1 Å². The van der Waals surface area contributed by atoms with E-state index in [1.165, 1.54) is 37.1 Å². The van der Waals surface area contributed by atoms with Gasteiger partial charge in [0, 0.05) is 53.7 Å². The Morgan fingerprint density at radius 2 is 1.29 bits per heavy atom. The summed E-state index contributed by atoms with van der Waals surface area (Å²) >= 11 is 18.7. The molecule has 49 heavy (non-hydrogen) atoms. The number of nitrogens with zero attached hydrogens (tertiary/aromatic N) is 6. The van der Waals surface area contributed by atoms with E-state index in [9.17, 15) is 18.9 Å². The van der Waals surface area contributed by atoms with Crippen LogP contribution >= 0.6 is 77.4 Å². The first kappa shape index (κ1) is 74.0. The molecule has 0 unspecified atom stereocenters. The fourth-order valence-corrected chi connectivity index (χ4v) is 1.49. The molecule has 0 aliphatic carbocycles. The summed E-state index contributed by atoms with van der Waals surface area (Å²) in [7, 11) is 18.4. The van der Waals surface area contributed by atoms with Gasteiger partial charge in [-0.25, -0.2) is 19.1 Å². The predicted molar refractivity (Wildman–Crippen MR) is 201 cm³/mol. The topological polar surface area (TPSA) is 199 Å². The molecule has 1 aromatic rings. The van der Waals surface area contributed by atoms with E-state index in [0.29, 0.717) is 11.8 Å². The number of aliphatic carboxylic acids is 1. The monoisotopic (exact) mass is 1010 g/mol. The van der Waals surface area contributed by atoms with Crippen LogP contribution in [0.1, 0.15) is 17.3 Å². The third-order valence-corrected chi connectivity index (χ3v) is 3.30. The van der Waals surface area contributed by atoms with Crippen molar-refractivity contribution in [2.75, 3.05) is 80.9 Å². The molecule has 0 atom stereocenters. The average molecular weight is 1010 g/mol. The van der Waals surface area contributed by atoms with Crippen molar-refractivity contribution in [3.8, 4) is 6.01 Å². The fraction of sp³-hybridized carbons (Fsp3) is 0.520. The number of carboxylic acid groups (broad SMARTS) is 1. The molecular weight excluding hydrogens is 964 g/mol. The van der Waals surface area contributed by atoms with Crippen LogP contribution in [-0.2, 0) is 18.9 Å². The quantitative estimate of drug-likeness (QED) is 0.0394. The molecular formula is C25H48BrCl5IN7NaO8P. The SMILES string of the molecule is CI.CN(C)C=C(C=[N+](C)C)C=[N+](C)C.CN(C)C=O.COC(C)=N.COc1ncc(C=O)cn1.O=C(O)CBr.O=P(Cl)(Cl)Cl.[Cl-].[Cl-].[Na+].[OH-]. The molecule has 24 heteroatoms. The number of ether oxygens (including phenoxy) is 2. The molecule has 1 aromatic heterocycles. The number of alkyl halides is 2. The standard InChI is InChI=1S/C10H21N3.C6H6N2O2.2C3H7NO.C2H3BrO2.CH3I.Cl3OP.2ClH.Na.H2O/c1-11(2)7-10(8-12(3)4)9-13(5)6;1-10-6-7-2-5(4-9)3-8-6;1-4(2)3-5;1-3(4)5-2;3-1-2(4)5;1-2;1-5(2,3)4;;;;/h7-9H,1-6H3;2-4H,1H3;3H,1-2H3;4H,1-2H3;1H2,(H,4,5);1H3;;2*1H;;1H2/q+2;;;;;;;;;+1;/p-3. The summed E-state index contributed by atoms with van der Waals surface area (Å²) in [5, 5.41) is 11.0. The van der Waals surface area contributed by atoms with Gasteiger partial charge in [-0.15, -0.1) is 0 Å². The maximum atomic E-state index is 10.1. The van der Waals surface area contributed by atoms with Gasteiger partial charge in [0.15, 0.2) is 24.6 Å². The number of amides is 1. The molecule has 286 valence electrons. The maximum Gasteiger partial charge on any atom is 1.00 e. The molecule has 0 aliphatic rings. The number of aldehydes is 1. The summed E-state index contributed by atoms with van der Waals surface area (Å²) in [5.41, 5.74) is 1.63. The largest absolute Gasteiger partial charge is 1.00 e. The van der Waals surface area contributed by atoms with Gasteiger partial charge >= 0.3 is 46.7 Å². The third-order valence-electron chi connectivity index (χ3n) is 2.82. The number of hydrogen-bond acceptors (Lipinski definition) is 11. The number of carbonyl (C=O) groups is 3. The summed E-state index contributed by atoms with van der Waals surface area (Å²) in [4.78, 5) is 41.7. The van der Waals surface area contributed by atoms with Crippen LogP contribution in [0, 0.1) is 5.41 Å². The number of aromatic nitrogens is 2. The number of methoxy groups -OCH3 is 2.